The number of thiazole rings is 1. The summed E-state index contributed by atoms with van der Waals surface area (Å²) in [6, 6.07) is 0. The second kappa shape index (κ2) is 6.33. The average molecular weight is 283 g/mol. The second-order valence-corrected chi connectivity index (χ2v) is 7.40. The highest BCUT2D eigenvalue weighted by Gasteiger charge is 2.21. The Labute approximate surface area is 120 Å². The molecule has 4 heteroatoms. The van der Waals surface area contributed by atoms with Gasteiger partial charge in [-0.05, 0) is 25.7 Å². The number of hydrogen-bond donors (Lipinski definition) is 1. The van der Waals surface area contributed by atoms with Crippen LogP contribution in [0.3, 0.4) is 0 Å². The normalized spacial score (nSPS) is 22.4. The highest BCUT2D eigenvalue weighted by Crippen LogP contribution is 2.25. The molecule has 0 aromatic carbocycles. The van der Waals surface area contributed by atoms with Gasteiger partial charge in [0.05, 0.1) is 22.9 Å². The lowest BCUT2D eigenvalue weighted by Crippen LogP contribution is -2.25. The Bertz CT molecular complexity index is 391. The molecule has 0 saturated carbocycles. The van der Waals surface area contributed by atoms with E-state index in [9.17, 15) is 5.11 Å². The van der Waals surface area contributed by atoms with Crippen molar-refractivity contribution in [3.8, 4) is 0 Å². The molecule has 1 N–H and O–H groups in total. The zero-order chi connectivity index (χ0) is 13.9. The molecule has 0 aliphatic carbocycles. The van der Waals surface area contributed by atoms with Crippen molar-refractivity contribution in [1.82, 2.24) is 4.98 Å². The largest absolute Gasteiger partial charge is 0.393 e. The molecule has 2 unspecified atom stereocenters. The first-order valence-corrected chi connectivity index (χ1v) is 8.07. The molecule has 19 heavy (non-hydrogen) atoms. The van der Waals surface area contributed by atoms with E-state index in [1.165, 1.54) is 6.42 Å². The van der Waals surface area contributed by atoms with Crippen LogP contribution in [0.2, 0.25) is 0 Å². The van der Waals surface area contributed by atoms with Crippen molar-refractivity contribution in [1.29, 1.82) is 0 Å². The Morgan fingerprint density at radius 1 is 1.47 bits per heavy atom. The van der Waals surface area contributed by atoms with E-state index in [1.54, 1.807) is 11.3 Å². The van der Waals surface area contributed by atoms with Crippen molar-refractivity contribution in [2.75, 3.05) is 6.61 Å². The SMILES string of the molecule is CC(C)(C)c1csc(CC(O)CC2CCCCO2)n1. The molecule has 2 heterocycles. The maximum atomic E-state index is 10.2. The molecule has 3 nitrogen and oxygen atoms in total. The standard InChI is InChI=1S/C15H25NO2S/c1-15(2,3)13-10-19-14(16-13)9-11(17)8-12-6-4-5-7-18-12/h10-12,17H,4-9H2,1-3H3. The Morgan fingerprint density at radius 3 is 2.84 bits per heavy atom. The molecule has 2 rings (SSSR count). The van der Waals surface area contributed by atoms with Crippen LogP contribution >= 0.6 is 11.3 Å². The Kier molecular flexibility index (Phi) is 4.98. The van der Waals surface area contributed by atoms with Crippen molar-refractivity contribution < 1.29 is 9.84 Å². The minimum absolute atomic E-state index is 0.0895. The first kappa shape index (κ1) is 14.9. The highest BCUT2D eigenvalue weighted by atomic mass is 32.1. The molecule has 0 spiro atoms. The van der Waals surface area contributed by atoms with Crippen molar-refractivity contribution in [3.05, 3.63) is 16.1 Å². The van der Waals surface area contributed by atoms with E-state index < -0.39 is 0 Å². The monoisotopic (exact) mass is 283 g/mol. The quantitative estimate of drug-likeness (QED) is 0.922. The molecule has 0 bridgehead atoms. The second-order valence-electron chi connectivity index (χ2n) is 6.46. The minimum atomic E-state index is -0.331. The number of aromatic nitrogens is 1. The molecule has 2 atom stereocenters. The van der Waals surface area contributed by atoms with Gasteiger partial charge >= 0.3 is 0 Å². The van der Waals surface area contributed by atoms with Gasteiger partial charge in [-0.2, -0.15) is 0 Å². The first-order chi connectivity index (χ1) is 8.95. The summed E-state index contributed by atoms with van der Waals surface area (Å²) in [5.74, 6) is 0. The van der Waals surface area contributed by atoms with Gasteiger partial charge in [0.15, 0.2) is 0 Å². The summed E-state index contributed by atoms with van der Waals surface area (Å²) in [5.41, 5.74) is 1.21. The van der Waals surface area contributed by atoms with Gasteiger partial charge in [0.2, 0.25) is 0 Å². The lowest BCUT2D eigenvalue weighted by Gasteiger charge is -2.24. The van der Waals surface area contributed by atoms with Crippen LogP contribution in [0.5, 0.6) is 0 Å². The molecule has 1 aromatic rings. The van der Waals surface area contributed by atoms with Crippen molar-refractivity contribution in [3.63, 3.8) is 0 Å². The van der Waals surface area contributed by atoms with E-state index in [-0.39, 0.29) is 17.6 Å². The Morgan fingerprint density at radius 2 is 2.26 bits per heavy atom. The van der Waals surface area contributed by atoms with Gasteiger partial charge < -0.3 is 9.84 Å². The Balaban J connectivity index is 1.84. The molecule has 1 fully saturated rings. The molecule has 1 aliphatic rings. The predicted molar refractivity (Wildman–Crippen MR) is 78.7 cm³/mol. The summed E-state index contributed by atoms with van der Waals surface area (Å²) >= 11 is 1.65. The third-order valence-corrected chi connectivity index (χ3v) is 4.41. The predicted octanol–water partition coefficient (Wildman–Crippen LogP) is 3.30. The van der Waals surface area contributed by atoms with Gasteiger partial charge in [-0.3, -0.25) is 0 Å². The Hall–Kier alpha value is -0.450. The third-order valence-electron chi connectivity index (χ3n) is 3.54. The number of aliphatic hydroxyl groups excluding tert-OH is 1. The van der Waals surface area contributed by atoms with Gasteiger partial charge in [0.25, 0.3) is 0 Å². The average Bonchev–Trinajstić information content (AvgIpc) is 2.78. The number of hydrogen-bond acceptors (Lipinski definition) is 4. The summed E-state index contributed by atoms with van der Waals surface area (Å²) in [6.45, 7) is 7.34. The fourth-order valence-corrected chi connectivity index (χ4v) is 3.42. The van der Waals surface area contributed by atoms with Crippen LogP contribution < -0.4 is 0 Å². The topological polar surface area (TPSA) is 42.4 Å². The zero-order valence-corrected chi connectivity index (χ0v) is 13.0. The molecular formula is C15H25NO2S. The summed E-state index contributed by atoms with van der Waals surface area (Å²) in [5, 5.41) is 13.3. The summed E-state index contributed by atoms with van der Waals surface area (Å²) in [4.78, 5) is 4.63. The lowest BCUT2D eigenvalue weighted by atomic mass is 9.93. The highest BCUT2D eigenvalue weighted by molar-refractivity contribution is 7.09. The van der Waals surface area contributed by atoms with E-state index in [0.29, 0.717) is 6.42 Å². The smallest absolute Gasteiger partial charge is 0.0954 e. The van der Waals surface area contributed by atoms with Crippen LogP contribution in [0, 0.1) is 0 Å². The van der Waals surface area contributed by atoms with Gasteiger partial charge in [-0.25, -0.2) is 4.98 Å². The third kappa shape index (κ3) is 4.55. The number of aliphatic hydroxyl groups is 1. The van der Waals surface area contributed by atoms with E-state index >= 15 is 0 Å². The summed E-state index contributed by atoms with van der Waals surface area (Å²) in [7, 11) is 0. The van der Waals surface area contributed by atoms with Gasteiger partial charge in [0, 0.05) is 23.8 Å². The van der Waals surface area contributed by atoms with Crippen molar-refractivity contribution in [2.45, 2.75) is 70.5 Å². The number of ether oxygens (including phenoxy) is 1. The molecule has 0 amide bonds. The van der Waals surface area contributed by atoms with E-state index in [2.05, 4.69) is 31.1 Å². The minimum Gasteiger partial charge on any atom is -0.393 e. The van der Waals surface area contributed by atoms with Crippen molar-refractivity contribution >= 4 is 11.3 Å². The molecule has 1 aliphatic heterocycles. The maximum Gasteiger partial charge on any atom is 0.0954 e. The number of rotatable bonds is 4. The van der Waals surface area contributed by atoms with Crippen LogP contribution in [-0.4, -0.2) is 28.9 Å². The van der Waals surface area contributed by atoms with Crippen LogP contribution in [0.15, 0.2) is 5.38 Å². The maximum absolute atomic E-state index is 10.2. The molecule has 1 saturated heterocycles. The van der Waals surface area contributed by atoms with Crippen molar-refractivity contribution in [2.24, 2.45) is 0 Å². The summed E-state index contributed by atoms with van der Waals surface area (Å²) in [6.07, 6.45) is 4.78. The van der Waals surface area contributed by atoms with E-state index in [4.69, 9.17) is 4.74 Å². The van der Waals surface area contributed by atoms with E-state index in [0.717, 1.165) is 36.6 Å². The first-order valence-electron chi connectivity index (χ1n) is 7.19. The summed E-state index contributed by atoms with van der Waals surface area (Å²) < 4.78 is 5.67. The van der Waals surface area contributed by atoms with Gasteiger partial charge in [-0.1, -0.05) is 20.8 Å². The van der Waals surface area contributed by atoms with E-state index in [1.807, 2.05) is 0 Å². The fourth-order valence-electron chi connectivity index (χ4n) is 2.33. The van der Waals surface area contributed by atoms with Crippen LogP contribution in [0.25, 0.3) is 0 Å². The fraction of sp³-hybridized carbons (Fsp3) is 0.800. The van der Waals surface area contributed by atoms with Crippen LogP contribution in [0.4, 0.5) is 0 Å². The molecule has 0 radical (unpaired) electrons. The molecular weight excluding hydrogens is 258 g/mol. The van der Waals surface area contributed by atoms with Crippen LogP contribution in [0.1, 0.15) is 57.2 Å². The molecule has 1 aromatic heterocycles. The zero-order valence-electron chi connectivity index (χ0n) is 12.2. The lowest BCUT2D eigenvalue weighted by molar-refractivity contribution is -0.0147. The number of nitrogens with zero attached hydrogens (tertiary/aromatic N) is 1. The molecule has 108 valence electrons. The van der Waals surface area contributed by atoms with Gasteiger partial charge in [-0.15, -0.1) is 11.3 Å². The van der Waals surface area contributed by atoms with Crippen LogP contribution in [-0.2, 0) is 16.6 Å². The van der Waals surface area contributed by atoms with Gasteiger partial charge in [0.1, 0.15) is 0 Å².